The van der Waals surface area contributed by atoms with Gasteiger partial charge in [0.2, 0.25) is 0 Å². The standard InChI is InChI=1S/C8H11F3N2S/c1-5(2)13-7(6(3)4-12-13)14-8(9,10)11/h4-5H,1-3H3. The molecule has 0 N–H and O–H groups in total. The Morgan fingerprint density at radius 1 is 1.43 bits per heavy atom. The number of aryl methyl sites for hydroxylation is 1. The van der Waals surface area contributed by atoms with Crippen LogP contribution in [0.2, 0.25) is 0 Å². The molecule has 0 unspecified atom stereocenters. The Morgan fingerprint density at radius 2 is 2.00 bits per heavy atom. The van der Waals surface area contributed by atoms with Gasteiger partial charge in [0, 0.05) is 23.4 Å². The van der Waals surface area contributed by atoms with Crippen LogP contribution in [-0.2, 0) is 0 Å². The highest BCUT2D eigenvalue weighted by atomic mass is 32.2. The van der Waals surface area contributed by atoms with Gasteiger partial charge in [-0.1, -0.05) is 0 Å². The number of nitrogens with zero attached hydrogens (tertiary/aromatic N) is 2. The Labute approximate surface area is 84.5 Å². The molecule has 0 aliphatic carbocycles. The molecule has 0 saturated carbocycles. The van der Waals surface area contributed by atoms with Crippen LogP contribution in [0.25, 0.3) is 0 Å². The van der Waals surface area contributed by atoms with Gasteiger partial charge in [0.15, 0.2) is 0 Å². The first-order valence-corrected chi connectivity index (χ1v) is 4.93. The molecule has 0 radical (unpaired) electrons. The molecule has 0 aromatic carbocycles. The number of aromatic nitrogens is 2. The summed E-state index contributed by atoms with van der Waals surface area (Å²) in [5.41, 5.74) is -3.70. The highest BCUT2D eigenvalue weighted by Gasteiger charge is 2.32. The van der Waals surface area contributed by atoms with Gasteiger partial charge >= 0.3 is 5.51 Å². The summed E-state index contributed by atoms with van der Waals surface area (Å²) in [6.45, 7) is 5.22. The van der Waals surface area contributed by atoms with Crippen molar-refractivity contribution in [2.24, 2.45) is 0 Å². The molecule has 14 heavy (non-hydrogen) atoms. The van der Waals surface area contributed by atoms with Gasteiger partial charge in [0.05, 0.1) is 6.20 Å². The first-order valence-electron chi connectivity index (χ1n) is 4.11. The molecular formula is C8H11F3N2S. The van der Waals surface area contributed by atoms with Crippen LogP contribution < -0.4 is 0 Å². The van der Waals surface area contributed by atoms with E-state index in [0.29, 0.717) is 5.56 Å². The molecule has 0 spiro atoms. The minimum atomic E-state index is -4.25. The van der Waals surface area contributed by atoms with Crippen LogP contribution in [0.15, 0.2) is 11.2 Å². The second kappa shape index (κ2) is 3.84. The van der Waals surface area contributed by atoms with Gasteiger partial charge in [-0.25, -0.2) is 0 Å². The van der Waals surface area contributed by atoms with Crippen LogP contribution in [0, 0.1) is 6.92 Å². The fraction of sp³-hybridized carbons (Fsp3) is 0.625. The minimum absolute atomic E-state index is 0.0615. The van der Waals surface area contributed by atoms with E-state index in [-0.39, 0.29) is 22.8 Å². The predicted octanol–water partition coefficient (Wildman–Crippen LogP) is 3.38. The summed E-state index contributed by atoms with van der Waals surface area (Å²) in [6, 6.07) is -0.0615. The number of alkyl halides is 3. The monoisotopic (exact) mass is 224 g/mol. The molecule has 0 aliphatic heterocycles. The molecule has 0 fully saturated rings. The molecule has 0 saturated heterocycles. The zero-order valence-corrected chi connectivity index (χ0v) is 8.91. The van der Waals surface area contributed by atoms with E-state index in [1.807, 2.05) is 0 Å². The molecule has 1 heterocycles. The van der Waals surface area contributed by atoms with Crippen LogP contribution in [-0.4, -0.2) is 15.3 Å². The Kier molecular flexibility index (Phi) is 3.14. The summed E-state index contributed by atoms with van der Waals surface area (Å²) in [5.74, 6) is 0. The maximum atomic E-state index is 12.2. The Morgan fingerprint density at radius 3 is 2.43 bits per heavy atom. The van der Waals surface area contributed by atoms with E-state index >= 15 is 0 Å². The summed E-state index contributed by atoms with van der Waals surface area (Å²) in [6.07, 6.45) is 1.45. The average Bonchev–Trinajstić information content (AvgIpc) is 2.29. The minimum Gasteiger partial charge on any atom is -0.256 e. The summed E-state index contributed by atoms with van der Waals surface area (Å²) in [7, 11) is 0. The van der Waals surface area contributed by atoms with E-state index in [4.69, 9.17) is 0 Å². The topological polar surface area (TPSA) is 17.8 Å². The summed E-state index contributed by atoms with van der Waals surface area (Å²) in [4.78, 5) is 0. The molecule has 1 aromatic rings. The normalized spacial score (nSPS) is 12.5. The number of rotatable bonds is 2. The zero-order chi connectivity index (χ0) is 10.9. The predicted molar refractivity (Wildman–Crippen MR) is 49.3 cm³/mol. The maximum Gasteiger partial charge on any atom is 0.447 e. The fourth-order valence-electron chi connectivity index (χ4n) is 1.04. The lowest BCUT2D eigenvalue weighted by molar-refractivity contribution is -0.0331. The van der Waals surface area contributed by atoms with Crippen LogP contribution in [0.1, 0.15) is 25.5 Å². The van der Waals surface area contributed by atoms with Crippen molar-refractivity contribution in [3.8, 4) is 0 Å². The van der Waals surface area contributed by atoms with Gasteiger partial charge in [0.1, 0.15) is 5.03 Å². The van der Waals surface area contributed by atoms with Crippen molar-refractivity contribution in [3.63, 3.8) is 0 Å². The molecule has 0 bridgehead atoms. The van der Waals surface area contributed by atoms with Crippen molar-refractivity contribution >= 4 is 11.8 Å². The SMILES string of the molecule is Cc1cnn(C(C)C)c1SC(F)(F)F. The number of halogens is 3. The fourth-order valence-corrected chi connectivity index (χ4v) is 1.83. The molecule has 0 aliphatic rings. The lowest BCUT2D eigenvalue weighted by Gasteiger charge is -2.12. The largest absolute Gasteiger partial charge is 0.447 e. The molecule has 6 heteroatoms. The van der Waals surface area contributed by atoms with Gasteiger partial charge in [-0.2, -0.15) is 18.3 Å². The second-order valence-electron chi connectivity index (χ2n) is 3.22. The smallest absolute Gasteiger partial charge is 0.256 e. The number of thioether (sulfide) groups is 1. The summed E-state index contributed by atoms with van der Waals surface area (Å²) in [5, 5.41) is 4.07. The third kappa shape index (κ3) is 2.67. The van der Waals surface area contributed by atoms with E-state index in [9.17, 15) is 13.2 Å². The van der Waals surface area contributed by atoms with E-state index in [1.165, 1.54) is 10.9 Å². The van der Waals surface area contributed by atoms with Crippen molar-refractivity contribution in [2.75, 3.05) is 0 Å². The zero-order valence-electron chi connectivity index (χ0n) is 8.09. The van der Waals surface area contributed by atoms with Crippen LogP contribution in [0.5, 0.6) is 0 Å². The molecule has 2 nitrogen and oxygen atoms in total. The van der Waals surface area contributed by atoms with Crippen molar-refractivity contribution in [3.05, 3.63) is 11.8 Å². The molecule has 0 atom stereocenters. The highest BCUT2D eigenvalue weighted by molar-refractivity contribution is 8.00. The quantitative estimate of drug-likeness (QED) is 0.717. The molecule has 1 aromatic heterocycles. The third-order valence-electron chi connectivity index (χ3n) is 1.62. The van der Waals surface area contributed by atoms with Gasteiger partial charge in [0.25, 0.3) is 0 Å². The van der Waals surface area contributed by atoms with Gasteiger partial charge in [-0.15, -0.1) is 0 Å². The molecule has 0 amide bonds. The van der Waals surface area contributed by atoms with Crippen molar-refractivity contribution in [1.29, 1.82) is 0 Å². The van der Waals surface area contributed by atoms with Crippen molar-refractivity contribution < 1.29 is 13.2 Å². The van der Waals surface area contributed by atoms with E-state index in [1.54, 1.807) is 20.8 Å². The van der Waals surface area contributed by atoms with Crippen LogP contribution >= 0.6 is 11.8 Å². The molecule has 80 valence electrons. The third-order valence-corrected chi connectivity index (χ3v) is 2.56. The van der Waals surface area contributed by atoms with Crippen molar-refractivity contribution in [1.82, 2.24) is 9.78 Å². The van der Waals surface area contributed by atoms with E-state index in [2.05, 4.69) is 5.10 Å². The maximum absolute atomic E-state index is 12.2. The second-order valence-corrected chi connectivity index (χ2v) is 4.27. The highest BCUT2D eigenvalue weighted by Crippen LogP contribution is 2.39. The van der Waals surface area contributed by atoms with Gasteiger partial charge in [-0.05, 0) is 20.8 Å². The number of hydrogen-bond donors (Lipinski definition) is 0. The molecule has 1 rings (SSSR count). The van der Waals surface area contributed by atoms with Gasteiger partial charge < -0.3 is 0 Å². The molecular weight excluding hydrogens is 213 g/mol. The van der Waals surface area contributed by atoms with Crippen molar-refractivity contribution in [2.45, 2.75) is 37.3 Å². The van der Waals surface area contributed by atoms with Crippen LogP contribution in [0.4, 0.5) is 13.2 Å². The summed E-state index contributed by atoms with van der Waals surface area (Å²) < 4.78 is 37.9. The Balaban J connectivity index is 3.00. The summed E-state index contributed by atoms with van der Waals surface area (Å²) >= 11 is -0.111. The first kappa shape index (κ1) is 11.4. The van der Waals surface area contributed by atoms with Gasteiger partial charge in [-0.3, -0.25) is 4.68 Å². The number of hydrogen-bond acceptors (Lipinski definition) is 2. The Bertz CT molecular complexity index is 317. The van der Waals surface area contributed by atoms with E-state index < -0.39 is 5.51 Å². The van der Waals surface area contributed by atoms with E-state index in [0.717, 1.165) is 0 Å². The lowest BCUT2D eigenvalue weighted by atomic mass is 10.4. The van der Waals surface area contributed by atoms with Crippen LogP contribution in [0.3, 0.4) is 0 Å². The average molecular weight is 224 g/mol. The first-order chi connectivity index (χ1) is 6.31. The lowest BCUT2D eigenvalue weighted by Crippen LogP contribution is -2.08. The Hall–Kier alpha value is -0.650.